The summed E-state index contributed by atoms with van der Waals surface area (Å²) in [5.41, 5.74) is 3.15. The number of hydrogen-bond acceptors (Lipinski definition) is 7. The number of carbonyl (C=O) groups is 2. The van der Waals surface area contributed by atoms with Gasteiger partial charge in [0.2, 0.25) is 0 Å². The molecule has 1 amide bonds. The number of nitrogens with zero attached hydrogens (tertiary/aromatic N) is 4. The van der Waals surface area contributed by atoms with Crippen LogP contribution in [0.1, 0.15) is 20.7 Å². The molecule has 2 N–H and O–H groups in total. The van der Waals surface area contributed by atoms with Crippen LogP contribution in [0.4, 0.5) is 11.5 Å². The molecule has 3 heterocycles. The van der Waals surface area contributed by atoms with E-state index in [1.165, 1.54) is 0 Å². The van der Waals surface area contributed by atoms with Gasteiger partial charge in [0.05, 0.1) is 24.5 Å². The maximum absolute atomic E-state index is 13.6. The Kier molecular flexibility index (Phi) is 6.73. The SMILES string of the molecule is O=C(O)c1ccc(-c2cc(C(=O)N3CCN(c4ccc(O)cc4)CC3)cc(N3CCOCC3)n2)cc1. The molecular weight excluding hydrogens is 460 g/mol. The monoisotopic (exact) mass is 488 g/mol. The molecule has 0 aliphatic carbocycles. The number of carboxylic acid groups (broad SMARTS) is 1. The fourth-order valence-corrected chi connectivity index (χ4v) is 4.54. The molecule has 0 spiro atoms. The Morgan fingerprint density at radius 3 is 2.08 bits per heavy atom. The first kappa shape index (κ1) is 23.6. The van der Waals surface area contributed by atoms with E-state index in [0.717, 1.165) is 11.3 Å². The van der Waals surface area contributed by atoms with Gasteiger partial charge < -0.3 is 29.6 Å². The lowest BCUT2D eigenvalue weighted by molar-refractivity contribution is 0.0695. The smallest absolute Gasteiger partial charge is 0.335 e. The topological polar surface area (TPSA) is 106 Å². The summed E-state index contributed by atoms with van der Waals surface area (Å²) < 4.78 is 5.48. The Hall–Kier alpha value is -4.11. The molecule has 2 fully saturated rings. The molecule has 1 aromatic heterocycles. The number of aromatic carboxylic acids is 1. The van der Waals surface area contributed by atoms with Crippen LogP contribution in [0, 0.1) is 0 Å². The highest BCUT2D eigenvalue weighted by Gasteiger charge is 2.25. The van der Waals surface area contributed by atoms with Crippen molar-refractivity contribution in [1.29, 1.82) is 0 Å². The van der Waals surface area contributed by atoms with Crippen LogP contribution in [0.5, 0.6) is 5.75 Å². The molecule has 186 valence electrons. The number of anilines is 2. The van der Waals surface area contributed by atoms with E-state index in [4.69, 9.17) is 9.72 Å². The van der Waals surface area contributed by atoms with Crippen molar-refractivity contribution in [2.75, 3.05) is 62.3 Å². The van der Waals surface area contributed by atoms with Crippen LogP contribution in [-0.2, 0) is 4.74 Å². The van der Waals surface area contributed by atoms with Crippen molar-refractivity contribution in [1.82, 2.24) is 9.88 Å². The van der Waals surface area contributed by atoms with Crippen molar-refractivity contribution in [3.8, 4) is 17.0 Å². The lowest BCUT2D eigenvalue weighted by Crippen LogP contribution is -2.48. The predicted molar refractivity (Wildman–Crippen MR) is 136 cm³/mol. The van der Waals surface area contributed by atoms with E-state index in [9.17, 15) is 19.8 Å². The van der Waals surface area contributed by atoms with E-state index in [0.29, 0.717) is 69.6 Å². The molecule has 2 aromatic carbocycles. The van der Waals surface area contributed by atoms with Gasteiger partial charge >= 0.3 is 5.97 Å². The number of rotatable bonds is 5. The summed E-state index contributed by atoms with van der Waals surface area (Å²) in [5, 5.41) is 18.8. The molecule has 2 saturated heterocycles. The Bertz CT molecular complexity index is 1230. The molecule has 2 aliphatic rings. The summed E-state index contributed by atoms with van der Waals surface area (Å²) >= 11 is 0. The van der Waals surface area contributed by atoms with Gasteiger partial charge in [-0.1, -0.05) is 12.1 Å². The van der Waals surface area contributed by atoms with Crippen molar-refractivity contribution in [2.45, 2.75) is 0 Å². The number of pyridine rings is 1. The van der Waals surface area contributed by atoms with Crippen molar-refractivity contribution in [3.63, 3.8) is 0 Å². The van der Waals surface area contributed by atoms with Crippen molar-refractivity contribution in [3.05, 3.63) is 71.8 Å². The fourth-order valence-electron chi connectivity index (χ4n) is 4.54. The van der Waals surface area contributed by atoms with Crippen LogP contribution in [0.3, 0.4) is 0 Å². The molecular formula is C27H28N4O5. The second kappa shape index (κ2) is 10.2. The van der Waals surface area contributed by atoms with Crippen LogP contribution in [-0.4, -0.2) is 84.5 Å². The number of phenols is 1. The van der Waals surface area contributed by atoms with E-state index >= 15 is 0 Å². The Morgan fingerprint density at radius 2 is 1.44 bits per heavy atom. The molecule has 5 rings (SSSR count). The fraction of sp³-hybridized carbons (Fsp3) is 0.296. The number of amides is 1. The minimum absolute atomic E-state index is 0.0549. The van der Waals surface area contributed by atoms with E-state index in [1.807, 2.05) is 23.1 Å². The van der Waals surface area contributed by atoms with Gasteiger partial charge in [0.1, 0.15) is 11.6 Å². The largest absolute Gasteiger partial charge is 0.508 e. The van der Waals surface area contributed by atoms with Gasteiger partial charge in [0.15, 0.2) is 0 Å². The zero-order chi connectivity index (χ0) is 25.1. The average Bonchev–Trinajstić information content (AvgIpc) is 2.93. The third-order valence-electron chi connectivity index (χ3n) is 6.60. The Balaban J connectivity index is 1.39. The lowest BCUT2D eigenvalue weighted by Gasteiger charge is -2.36. The number of carbonyl (C=O) groups excluding carboxylic acids is 1. The molecule has 9 nitrogen and oxygen atoms in total. The molecule has 0 unspecified atom stereocenters. The molecule has 36 heavy (non-hydrogen) atoms. The highest BCUT2D eigenvalue weighted by atomic mass is 16.5. The second-order valence-electron chi connectivity index (χ2n) is 8.88. The minimum atomic E-state index is -0.987. The van der Waals surface area contributed by atoms with Crippen molar-refractivity contribution >= 4 is 23.4 Å². The van der Waals surface area contributed by atoms with Gasteiger partial charge in [-0.15, -0.1) is 0 Å². The van der Waals surface area contributed by atoms with E-state index < -0.39 is 5.97 Å². The number of benzene rings is 2. The number of aromatic nitrogens is 1. The summed E-state index contributed by atoms with van der Waals surface area (Å²) in [6.45, 7) is 5.13. The molecule has 9 heteroatoms. The van der Waals surface area contributed by atoms with Gasteiger partial charge in [-0.25, -0.2) is 9.78 Å². The quantitative estimate of drug-likeness (QED) is 0.565. The van der Waals surface area contributed by atoms with Crippen LogP contribution in [0.15, 0.2) is 60.7 Å². The van der Waals surface area contributed by atoms with Gasteiger partial charge in [0, 0.05) is 56.1 Å². The van der Waals surface area contributed by atoms with Gasteiger partial charge in [-0.2, -0.15) is 0 Å². The van der Waals surface area contributed by atoms with Crippen molar-refractivity contribution < 1.29 is 24.5 Å². The standard InChI is InChI=1S/C27H28N4O5/c32-23-7-5-22(6-8-23)29-9-11-31(12-10-29)26(33)21-17-24(19-1-3-20(4-2-19)27(34)35)28-25(18-21)30-13-15-36-16-14-30/h1-8,17-18,32H,9-16H2,(H,34,35). The third-order valence-corrected chi connectivity index (χ3v) is 6.60. The molecule has 2 aliphatic heterocycles. The molecule has 0 radical (unpaired) electrons. The number of aromatic hydroxyl groups is 1. The zero-order valence-electron chi connectivity index (χ0n) is 19.8. The number of hydrogen-bond donors (Lipinski definition) is 2. The number of phenolic OH excluding ortho intramolecular Hbond substituents is 1. The number of ether oxygens (including phenoxy) is 1. The highest BCUT2D eigenvalue weighted by Crippen LogP contribution is 2.26. The normalized spacial score (nSPS) is 16.2. The van der Waals surface area contributed by atoms with Crippen LogP contribution in [0.25, 0.3) is 11.3 Å². The molecule has 0 saturated carbocycles. The van der Waals surface area contributed by atoms with Gasteiger partial charge in [-0.05, 0) is 48.5 Å². The van der Waals surface area contributed by atoms with E-state index in [-0.39, 0.29) is 17.2 Å². The summed E-state index contributed by atoms with van der Waals surface area (Å²) in [7, 11) is 0. The third kappa shape index (κ3) is 5.11. The molecule has 0 bridgehead atoms. The van der Waals surface area contributed by atoms with Gasteiger partial charge in [0.25, 0.3) is 5.91 Å². The summed E-state index contributed by atoms with van der Waals surface area (Å²) in [6, 6.07) is 17.3. The first-order valence-electron chi connectivity index (χ1n) is 12.0. The number of carboxylic acids is 1. The predicted octanol–water partition coefficient (Wildman–Crippen LogP) is 2.95. The number of piperazine rings is 1. The Labute approximate surface area is 209 Å². The number of morpholine rings is 1. The Morgan fingerprint density at radius 1 is 0.778 bits per heavy atom. The minimum Gasteiger partial charge on any atom is -0.508 e. The second-order valence-corrected chi connectivity index (χ2v) is 8.88. The molecule has 0 atom stereocenters. The van der Waals surface area contributed by atoms with Crippen molar-refractivity contribution in [2.24, 2.45) is 0 Å². The summed E-state index contributed by atoms with van der Waals surface area (Å²) in [6.07, 6.45) is 0. The first-order valence-corrected chi connectivity index (χ1v) is 12.0. The van der Waals surface area contributed by atoms with E-state index in [1.54, 1.807) is 42.5 Å². The van der Waals surface area contributed by atoms with E-state index in [2.05, 4.69) is 9.80 Å². The average molecular weight is 489 g/mol. The maximum atomic E-state index is 13.6. The maximum Gasteiger partial charge on any atom is 0.335 e. The highest BCUT2D eigenvalue weighted by molar-refractivity contribution is 5.96. The molecule has 3 aromatic rings. The summed E-state index contributed by atoms with van der Waals surface area (Å²) in [4.78, 5) is 35.8. The summed E-state index contributed by atoms with van der Waals surface area (Å²) in [5.74, 6) is -0.0986. The lowest BCUT2D eigenvalue weighted by atomic mass is 10.1. The van der Waals surface area contributed by atoms with Crippen LogP contribution >= 0.6 is 0 Å². The van der Waals surface area contributed by atoms with Crippen LogP contribution < -0.4 is 9.80 Å². The zero-order valence-corrected chi connectivity index (χ0v) is 19.8. The first-order chi connectivity index (χ1) is 17.5. The van der Waals surface area contributed by atoms with Crippen LogP contribution in [0.2, 0.25) is 0 Å². The van der Waals surface area contributed by atoms with Gasteiger partial charge in [-0.3, -0.25) is 4.79 Å².